The second kappa shape index (κ2) is 17.1. The van der Waals surface area contributed by atoms with Gasteiger partial charge in [-0.25, -0.2) is 0 Å². The SMILES string of the molecule is O=C(CCCCCN1C(=O)C(=C2SC(=S)N(CCCCCC(=O)OC3CCCCC3)C2=O)SC1=S)OC1CCCCC1. The lowest BCUT2D eigenvalue weighted by Gasteiger charge is -2.21. The lowest BCUT2D eigenvalue weighted by molar-refractivity contribution is -0.151. The molecule has 2 saturated carbocycles. The van der Waals surface area contributed by atoms with Crippen molar-refractivity contribution in [2.75, 3.05) is 13.1 Å². The van der Waals surface area contributed by atoms with Gasteiger partial charge in [0.15, 0.2) is 0 Å². The molecular formula is C30H42N2O6S4. The summed E-state index contributed by atoms with van der Waals surface area (Å²) in [7, 11) is 0. The molecule has 0 spiro atoms. The minimum absolute atomic E-state index is 0.0794. The van der Waals surface area contributed by atoms with Gasteiger partial charge in [0, 0.05) is 25.9 Å². The van der Waals surface area contributed by atoms with Gasteiger partial charge in [0.1, 0.15) is 20.8 Å². The van der Waals surface area contributed by atoms with Crippen molar-refractivity contribution in [3.05, 3.63) is 9.81 Å². The molecule has 0 bridgehead atoms. The van der Waals surface area contributed by atoms with E-state index in [0.717, 1.165) is 87.7 Å². The van der Waals surface area contributed by atoms with Crippen molar-refractivity contribution in [2.45, 2.75) is 128 Å². The molecule has 2 aliphatic heterocycles. The van der Waals surface area contributed by atoms with Crippen LogP contribution in [0.25, 0.3) is 0 Å². The third-order valence-electron chi connectivity index (χ3n) is 8.13. The molecule has 2 amide bonds. The number of esters is 2. The quantitative estimate of drug-likeness (QED) is 0.0863. The van der Waals surface area contributed by atoms with Crippen molar-refractivity contribution in [3.8, 4) is 0 Å². The first kappa shape index (κ1) is 33.4. The number of carbonyl (C=O) groups is 4. The summed E-state index contributed by atoms with van der Waals surface area (Å²) in [6.07, 6.45) is 16.2. The molecule has 2 saturated heterocycles. The molecular weight excluding hydrogens is 613 g/mol. The van der Waals surface area contributed by atoms with Crippen molar-refractivity contribution < 1.29 is 28.7 Å². The lowest BCUT2D eigenvalue weighted by Crippen LogP contribution is -2.31. The smallest absolute Gasteiger partial charge is 0.306 e. The number of nitrogens with zero attached hydrogens (tertiary/aromatic N) is 2. The molecule has 0 N–H and O–H groups in total. The number of thiocarbonyl (C=S) groups is 2. The Labute approximate surface area is 268 Å². The fraction of sp³-hybridized carbons (Fsp3) is 0.733. The van der Waals surface area contributed by atoms with E-state index in [1.54, 1.807) is 9.80 Å². The monoisotopic (exact) mass is 654 g/mol. The molecule has 0 atom stereocenters. The van der Waals surface area contributed by atoms with Crippen LogP contribution in [0.5, 0.6) is 0 Å². The number of rotatable bonds is 14. The number of unbranched alkanes of at least 4 members (excludes halogenated alkanes) is 4. The van der Waals surface area contributed by atoms with Gasteiger partial charge in [-0.2, -0.15) is 0 Å². The van der Waals surface area contributed by atoms with Crippen LogP contribution in [0.1, 0.15) is 116 Å². The lowest BCUT2D eigenvalue weighted by atomic mass is 9.98. The first-order chi connectivity index (χ1) is 20.3. The van der Waals surface area contributed by atoms with Crippen LogP contribution in [-0.2, 0) is 28.7 Å². The van der Waals surface area contributed by atoms with Crippen LogP contribution in [0.15, 0.2) is 9.81 Å². The minimum Gasteiger partial charge on any atom is -0.462 e. The maximum atomic E-state index is 13.2. The molecule has 8 nitrogen and oxygen atoms in total. The van der Waals surface area contributed by atoms with Crippen LogP contribution >= 0.6 is 48.0 Å². The van der Waals surface area contributed by atoms with E-state index >= 15 is 0 Å². The fourth-order valence-electron chi connectivity index (χ4n) is 5.74. The zero-order valence-electron chi connectivity index (χ0n) is 24.3. The topological polar surface area (TPSA) is 93.2 Å². The summed E-state index contributed by atoms with van der Waals surface area (Å²) in [5.41, 5.74) is 0. The molecule has 0 unspecified atom stereocenters. The maximum Gasteiger partial charge on any atom is 0.306 e. The molecule has 42 heavy (non-hydrogen) atoms. The Hall–Kier alpha value is -1.50. The van der Waals surface area contributed by atoms with Crippen LogP contribution in [-0.4, -0.2) is 67.5 Å². The van der Waals surface area contributed by atoms with Crippen molar-refractivity contribution in [3.63, 3.8) is 0 Å². The number of thioether (sulfide) groups is 2. The van der Waals surface area contributed by atoms with Gasteiger partial charge in [-0.3, -0.25) is 29.0 Å². The van der Waals surface area contributed by atoms with Gasteiger partial charge in [-0.15, -0.1) is 0 Å². The largest absolute Gasteiger partial charge is 0.462 e. The minimum atomic E-state index is -0.251. The highest BCUT2D eigenvalue weighted by atomic mass is 32.2. The van der Waals surface area contributed by atoms with Crippen LogP contribution in [0.3, 0.4) is 0 Å². The van der Waals surface area contributed by atoms with E-state index in [4.69, 9.17) is 33.9 Å². The zero-order valence-corrected chi connectivity index (χ0v) is 27.5. The van der Waals surface area contributed by atoms with Gasteiger partial charge in [0.05, 0.1) is 9.81 Å². The summed E-state index contributed by atoms with van der Waals surface area (Å²) in [6.45, 7) is 0.907. The summed E-state index contributed by atoms with van der Waals surface area (Å²) >= 11 is 13.2. The first-order valence-corrected chi connectivity index (χ1v) is 18.0. The summed E-state index contributed by atoms with van der Waals surface area (Å²) in [5, 5.41) is 0. The standard InChI is InChI=1S/C30H42N2O6S4/c33-23(37-21-13-5-1-6-14-21)17-9-3-11-19-31-27(35)25(41-29(31)39)26-28(36)32(30(40)42-26)20-12-4-10-18-24(34)38-22-15-7-2-8-16-22/h21-22H,1-20H2. The predicted molar refractivity (Wildman–Crippen MR) is 174 cm³/mol. The van der Waals surface area contributed by atoms with E-state index in [1.807, 2.05) is 0 Å². The normalized spacial score (nSPS) is 22.4. The Balaban J connectivity index is 1.14. The van der Waals surface area contributed by atoms with E-state index < -0.39 is 0 Å². The van der Waals surface area contributed by atoms with Crippen molar-refractivity contribution in [2.24, 2.45) is 0 Å². The summed E-state index contributed by atoms with van der Waals surface area (Å²) in [4.78, 5) is 54.4. The van der Waals surface area contributed by atoms with Gasteiger partial charge < -0.3 is 9.47 Å². The summed E-state index contributed by atoms with van der Waals surface area (Å²) in [6, 6.07) is 0. The summed E-state index contributed by atoms with van der Waals surface area (Å²) < 4.78 is 12.0. The van der Waals surface area contributed by atoms with E-state index in [1.165, 1.54) is 12.8 Å². The number of carbonyl (C=O) groups excluding carboxylic acids is 4. The predicted octanol–water partition coefficient (Wildman–Crippen LogP) is 6.79. The third-order valence-corrected chi connectivity index (χ3v) is 11.2. The van der Waals surface area contributed by atoms with Crippen LogP contribution in [0.2, 0.25) is 0 Å². The maximum absolute atomic E-state index is 13.2. The highest BCUT2D eigenvalue weighted by Gasteiger charge is 2.41. The van der Waals surface area contributed by atoms with Crippen molar-refractivity contribution in [1.82, 2.24) is 9.80 Å². The van der Waals surface area contributed by atoms with Gasteiger partial charge in [-0.1, -0.05) is 73.6 Å². The third kappa shape index (κ3) is 9.75. The Morgan fingerprint density at radius 1 is 0.619 bits per heavy atom. The first-order valence-electron chi connectivity index (χ1n) is 15.5. The molecule has 2 heterocycles. The van der Waals surface area contributed by atoms with Gasteiger partial charge >= 0.3 is 11.9 Å². The molecule has 0 aromatic heterocycles. The highest BCUT2D eigenvalue weighted by molar-refractivity contribution is 8.29. The van der Waals surface area contributed by atoms with Crippen molar-refractivity contribution >= 4 is 80.4 Å². The number of hydrogen-bond donors (Lipinski definition) is 0. The second-order valence-electron chi connectivity index (χ2n) is 11.4. The van der Waals surface area contributed by atoms with E-state index in [-0.39, 0.29) is 36.0 Å². The van der Waals surface area contributed by atoms with E-state index in [9.17, 15) is 19.2 Å². The van der Waals surface area contributed by atoms with E-state index in [2.05, 4.69) is 0 Å². The second-order valence-corrected chi connectivity index (χ2v) is 14.7. The Kier molecular flexibility index (Phi) is 13.6. The Morgan fingerprint density at radius 2 is 1.00 bits per heavy atom. The van der Waals surface area contributed by atoms with E-state index in [0.29, 0.717) is 70.1 Å². The van der Waals surface area contributed by atoms with Gasteiger partial charge in [0.25, 0.3) is 11.8 Å². The zero-order chi connectivity index (χ0) is 29.9. The fourth-order valence-corrected chi connectivity index (χ4v) is 8.51. The number of hydrogen-bond acceptors (Lipinski definition) is 10. The molecule has 4 aliphatic rings. The van der Waals surface area contributed by atoms with Crippen molar-refractivity contribution in [1.29, 1.82) is 0 Å². The van der Waals surface area contributed by atoms with Crippen LogP contribution in [0.4, 0.5) is 0 Å². The average molecular weight is 655 g/mol. The summed E-state index contributed by atoms with van der Waals surface area (Å²) in [5.74, 6) is -0.768. The molecule has 232 valence electrons. The van der Waals surface area contributed by atoms with Gasteiger partial charge in [0.2, 0.25) is 0 Å². The molecule has 2 aliphatic carbocycles. The molecule has 0 radical (unpaired) electrons. The average Bonchev–Trinajstić information content (AvgIpc) is 3.42. The number of ether oxygens (including phenoxy) is 2. The Morgan fingerprint density at radius 3 is 1.38 bits per heavy atom. The molecule has 0 aromatic carbocycles. The molecule has 4 rings (SSSR count). The molecule has 4 fully saturated rings. The molecule has 0 aromatic rings. The van der Waals surface area contributed by atoms with Crippen LogP contribution in [0, 0.1) is 0 Å². The van der Waals surface area contributed by atoms with Crippen LogP contribution < -0.4 is 0 Å². The molecule has 12 heteroatoms. The number of amides is 2. The Bertz CT molecular complexity index is 986. The highest BCUT2D eigenvalue weighted by Crippen LogP contribution is 2.42. The van der Waals surface area contributed by atoms with Gasteiger partial charge in [-0.05, 0) is 77.0 Å².